The van der Waals surface area contributed by atoms with Crippen molar-refractivity contribution in [3.05, 3.63) is 0 Å². The minimum atomic E-state index is -0.603. The molecule has 6 heteroatoms. The minimum absolute atomic E-state index is 0.201. The summed E-state index contributed by atoms with van der Waals surface area (Å²) in [5.74, 6) is -1.01. The van der Waals surface area contributed by atoms with Crippen molar-refractivity contribution in [2.45, 2.75) is 0 Å². The molecule has 0 aromatic rings. The van der Waals surface area contributed by atoms with E-state index in [0.29, 0.717) is 0 Å². The van der Waals surface area contributed by atoms with E-state index in [1.807, 2.05) is 0 Å². The number of likely N-dealkylation sites (N-methyl/N-ethyl adjacent to an activating group) is 2. The largest absolute Gasteiger partial charge is 0.396 e. The zero-order valence-electron chi connectivity index (χ0n) is 7.07. The molecule has 12 heavy (non-hydrogen) atoms. The molecule has 2 amide bonds. The summed E-state index contributed by atoms with van der Waals surface area (Å²) in [4.78, 5) is 28.7. The van der Waals surface area contributed by atoms with Crippen LogP contribution in [0.15, 0.2) is 5.16 Å². The molecular weight excluding hydrogens is 162 g/mol. The third kappa shape index (κ3) is 1.01. The standard InChI is InChI=1S/C6H9N3O3/c1-8-4(10)5(11)9(2)6(8)7-12-3/h1-3H3. The molecule has 0 unspecified atom stereocenters. The van der Waals surface area contributed by atoms with Crippen molar-refractivity contribution in [3.8, 4) is 0 Å². The minimum Gasteiger partial charge on any atom is -0.396 e. The Morgan fingerprint density at radius 1 is 1.17 bits per heavy atom. The van der Waals surface area contributed by atoms with E-state index in [2.05, 4.69) is 9.99 Å². The number of carbonyl (C=O) groups is 2. The van der Waals surface area contributed by atoms with Crippen LogP contribution in [0.2, 0.25) is 0 Å². The molecule has 1 saturated heterocycles. The molecule has 6 nitrogen and oxygen atoms in total. The van der Waals surface area contributed by atoms with Gasteiger partial charge in [-0.25, -0.2) is 0 Å². The van der Waals surface area contributed by atoms with Crippen LogP contribution in [-0.4, -0.2) is 48.8 Å². The number of carbonyl (C=O) groups excluding carboxylic acids is 2. The lowest BCUT2D eigenvalue weighted by molar-refractivity contribution is -0.142. The first kappa shape index (κ1) is 8.51. The zero-order chi connectivity index (χ0) is 9.30. The first-order chi connectivity index (χ1) is 5.59. The Bertz CT molecular complexity index is 239. The molecule has 0 atom stereocenters. The molecule has 1 aliphatic heterocycles. The van der Waals surface area contributed by atoms with Gasteiger partial charge in [0.05, 0.1) is 0 Å². The zero-order valence-corrected chi connectivity index (χ0v) is 7.07. The molecule has 0 spiro atoms. The van der Waals surface area contributed by atoms with Crippen LogP contribution in [0.4, 0.5) is 0 Å². The van der Waals surface area contributed by atoms with Crippen LogP contribution in [0, 0.1) is 0 Å². The smallest absolute Gasteiger partial charge is 0.319 e. The van der Waals surface area contributed by atoms with Crippen LogP contribution in [0.25, 0.3) is 0 Å². The van der Waals surface area contributed by atoms with Crippen molar-refractivity contribution >= 4 is 17.8 Å². The van der Waals surface area contributed by atoms with E-state index in [-0.39, 0.29) is 5.96 Å². The second-order valence-electron chi connectivity index (χ2n) is 2.30. The number of hydrogen-bond donors (Lipinski definition) is 0. The van der Waals surface area contributed by atoms with Gasteiger partial charge in [0.1, 0.15) is 7.11 Å². The van der Waals surface area contributed by atoms with Crippen molar-refractivity contribution in [1.29, 1.82) is 0 Å². The maximum atomic E-state index is 11.0. The molecule has 0 saturated carbocycles. The van der Waals surface area contributed by atoms with E-state index in [9.17, 15) is 9.59 Å². The van der Waals surface area contributed by atoms with Crippen LogP contribution in [0.1, 0.15) is 0 Å². The molecule has 0 radical (unpaired) electrons. The lowest BCUT2D eigenvalue weighted by atomic mass is 10.6. The Morgan fingerprint density at radius 3 is 1.92 bits per heavy atom. The van der Waals surface area contributed by atoms with Crippen molar-refractivity contribution < 1.29 is 14.4 Å². The average molecular weight is 171 g/mol. The van der Waals surface area contributed by atoms with Gasteiger partial charge in [-0.15, -0.1) is 0 Å². The van der Waals surface area contributed by atoms with Crippen LogP contribution in [0.5, 0.6) is 0 Å². The molecule has 0 bridgehead atoms. The van der Waals surface area contributed by atoms with E-state index in [1.165, 1.54) is 21.2 Å². The summed E-state index contributed by atoms with van der Waals surface area (Å²) in [6, 6.07) is 0. The van der Waals surface area contributed by atoms with Crippen LogP contribution in [0.3, 0.4) is 0 Å². The van der Waals surface area contributed by atoms with Gasteiger partial charge in [-0.3, -0.25) is 19.4 Å². The summed E-state index contributed by atoms with van der Waals surface area (Å²) in [5, 5.41) is 3.51. The van der Waals surface area contributed by atoms with Gasteiger partial charge in [-0.05, 0) is 5.16 Å². The van der Waals surface area contributed by atoms with Gasteiger partial charge in [0.25, 0.3) is 5.96 Å². The molecule has 0 aliphatic carbocycles. The first-order valence-corrected chi connectivity index (χ1v) is 3.26. The Morgan fingerprint density at radius 2 is 1.58 bits per heavy atom. The number of amides is 2. The SMILES string of the molecule is CON=C1N(C)C(=O)C(=O)N1C. The summed E-state index contributed by atoms with van der Waals surface area (Å²) < 4.78 is 0. The van der Waals surface area contributed by atoms with Crippen LogP contribution >= 0.6 is 0 Å². The fraction of sp³-hybridized carbons (Fsp3) is 0.500. The molecule has 1 aliphatic rings. The third-order valence-electron chi connectivity index (χ3n) is 1.57. The highest BCUT2D eigenvalue weighted by molar-refractivity contribution is 6.44. The number of nitrogens with zero attached hydrogens (tertiary/aromatic N) is 3. The maximum absolute atomic E-state index is 11.0. The monoisotopic (exact) mass is 171 g/mol. The number of hydrogen-bond acceptors (Lipinski definition) is 4. The highest BCUT2D eigenvalue weighted by atomic mass is 16.6. The van der Waals surface area contributed by atoms with Crippen molar-refractivity contribution in [2.75, 3.05) is 21.2 Å². The van der Waals surface area contributed by atoms with Gasteiger partial charge < -0.3 is 4.84 Å². The van der Waals surface area contributed by atoms with Crippen molar-refractivity contribution in [3.63, 3.8) is 0 Å². The normalized spacial score (nSPS) is 17.4. The summed E-state index contributed by atoms with van der Waals surface area (Å²) in [6.07, 6.45) is 0. The van der Waals surface area contributed by atoms with E-state index in [4.69, 9.17) is 0 Å². The summed E-state index contributed by atoms with van der Waals surface area (Å²) in [6.45, 7) is 0. The maximum Gasteiger partial charge on any atom is 0.319 e. The summed E-state index contributed by atoms with van der Waals surface area (Å²) in [7, 11) is 4.27. The van der Waals surface area contributed by atoms with Crippen LogP contribution < -0.4 is 0 Å². The molecule has 1 heterocycles. The highest BCUT2D eigenvalue weighted by Crippen LogP contribution is 2.06. The van der Waals surface area contributed by atoms with Gasteiger partial charge in [0, 0.05) is 14.1 Å². The van der Waals surface area contributed by atoms with Crippen molar-refractivity contribution in [1.82, 2.24) is 9.80 Å². The third-order valence-corrected chi connectivity index (χ3v) is 1.57. The first-order valence-electron chi connectivity index (χ1n) is 3.26. The van der Waals surface area contributed by atoms with E-state index in [1.54, 1.807) is 0 Å². The number of rotatable bonds is 1. The molecule has 1 fully saturated rings. The Kier molecular flexibility index (Phi) is 1.99. The van der Waals surface area contributed by atoms with Gasteiger partial charge >= 0.3 is 11.8 Å². The predicted molar refractivity (Wildman–Crippen MR) is 40.0 cm³/mol. The summed E-state index contributed by atoms with van der Waals surface area (Å²) in [5.41, 5.74) is 0. The fourth-order valence-corrected chi connectivity index (χ4v) is 0.898. The Labute approximate surface area is 69.4 Å². The lowest BCUT2D eigenvalue weighted by Gasteiger charge is -2.09. The Hall–Kier alpha value is -1.59. The topological polar surface area (TPSA) is 62.2 Å². The van der Waals surface area contributed by atoms with E-state index >= 15 is 0 Å². The molecular formula is C6H9N3O3. The van der Waals surface area contributed by atoms with Gasteiger partial charge in [0.2, 0.25) is 0 Å². The second kappa shape index (κ2) is 2.80. The number of oxime groups is 1. The lowest BCUT2D eigenvalue weighted by Crippen LogP contribution is -2.29. The average Bonchev–Trinajstić information content (AvgIpc) is 2.23. The molecule has 66 valence electrons. The van der Waals surface area contributed by atoms with Crippen LogP contribution in [-0.2, 0) is 14.4 Å². The van der Waals surface area contributed by atoms with Gasteiger partial charge in [-0.2, -0.15) is 0 Å². The highest BCUT2D eigenvalue weighted by Gasteiger charge is 2.38. The quantitative estimate of drug-likeness (QED) is 0.369. The molecule has 0 aromatic heterocycles. The fourth-order valence-electron chi connectivity index (χ4n) is 0.898. The second-order valence-corrected chi connectivity index (χ2v) is 2.30. The molecule has 0 N–H and O–H groups in total. The van der Waals surface area contributed by atoms with Gasteiger partial charge in [0.15, 0.2) is 0 Å². The van der Waals surface area contributed by atoms with Gasteiger partial charge in [-0.1, -0.05) is 0 Å². The van der Waals surface area contributed by atoms with E-state index in [0.717, 1.165) is 9.80 Å². The van der Waals surface area contributed by atoms with E-state index < -0.39 is 11.8 Å². The van der Waals surface area contributed by atoms with Crippen molar-refractivity contribution in [2.24, 2.45) is 5.16 Å². The predicted octanol–water partition coefficient (Wildman–Crippen LogP) is -1.17. The number of guanidine groups is 1. The molecule has 1 rings (SSSR count). The summed E-state index contributed by atoms with van der Waals surface area (Å²) >= 11 is 0. The molecule has 0 aromatic carbocycles. The Balaban J connectivity index is 2.99.